The average Bonchev–Trinajstić information content (AvgIpc) is 3.05. The van der Waals surface area contributed by atoms with Crippen molar-refractivity contribution in [3.05, 3.63) is 22.8 Å². The molecule has 2 heterocycles. The summed E-state index contributed by atoms with van der Waals surface area (Å²) < 4.78 is 0. The number of carboxylic acid groups (broad SMARTS) is 1. The molecule has 4 aliphatic carbocycles. The Balaban J connectivity index is 1.43. The van der Waals surface area contributed by atoms with Crippen LogP contribution in [0.5, 0.6) is 0 Å². The van der Waals surface area contributed by atoms with Gasteiger partial charge in [0.15, 0.2) is 0 Å². The van der Waals surface area contributed by atoms with Crippen LogP contribution in [0.4, 0.5) is 10.6 Å². The maximum Gasteiger partial charge on any atom is 0.407 e. The number of hydrogen-bond acceptors (Lipinski definition) is 5. The maximum absolute atomic E-state index is 12.1. The van der Waals surface area contributed by atoms with Gasteiger partial charge in [-0.15, -0.1) is 0 Å². The van der Waals surface area contributed by atoms with E-state index in [9.17, 15) is 19.8 Å². The Bertz CT molecular complexity index is 880. The Morgan fingerprint density at radius 1 is 1.27 bits per heavy atom. The summed E-state index contributed by atoms with van der Waals surface area (Å²) in [6.45, 7) is 0.457. The van der Waals surface area contributed by atoms with E-state index in [4.69, 9.17) is 17.3 Å². The van der Waals surface area contributed by atoms with E-state index in [1.807, 2.05) is 0 Å². The Labute approximate surface area is 179 Å². The number of aromatic nitrogens is 1. The van der Waals surface area contributed by atoms with Crippen LogP contribution in [0.15, 0.2) is 12.3 Å². The molecule has 4 saturated carbocycles. The smallest absolute Gasteiger partial charge is 0.407 e. The number of pyridine rings is 1. The van der Waals surface area contributed by atoms with Gasteiger partial charge in [-0.1, -0.05) is 11.6 Å². The summed E-state index contributed by atoms with van der Waals surface area (Å²) in [4.78, 5) is 29.2. The minimum Gasteiger partial charge on any atom is -0.465 e. The molecule has 1 aromatic rings. The number of nitrogens with one attached hydrogen (secondary N) is 1. The summed E-state index contributed by atoms with van der Waals surface area (Å²) in [7, 11) is 0. The Morgan fingerprint density at radius 2 is 1.97 bits per heavy atom. The molecule has 5 N–H and O–H groups in total. The van der Waals surface area contributed by atoms with Crippen molar-refractivity contribution in [1.29, 1.82) is 0 Å². The minimum atomic E-state index is -0.903. The summed E-state index contributed by atoms with van der Waals surface area (Å²) in [5.74, 6) is 1.31. The number of aliphatic hydroxyl groups is 1. The second-order valence-electron chi connectivity index (χ2n) is 9.70. The summed E-state index contributed by atoms with van der Waals surface area (Å²) in [6.07, 6.45) is 5.73. The van der Waals surface area contributed by atoms with Crippen LogP contribution in [-0.2, 0) is 0 Å². The standard InChI is InChI=1S/C21H27ClN4O4/c22-14-5-13(18(23)27)9-24-19(14)25-15-1-2-26(20(28)29)17(15)16-11-3-10-4-12(16)8-21(30,6-10)7-11/h5,9-12,15-17,30H,1-4,6-8H2,(H2,23,27)(H,24,25)(H,28,29)/t10?,11-,12?,15?,16?,17-,21?/m0/s1. The molecule has 0 radical (unpaired) electrons. The Kier molecular flexibility index (Phi) is 4.63. The molecule has 1 saturated heterocycles. The zero-order valence-electron chi connectivity index (χ0n) is 16.6. The van der Waals surface area contributed by atoms with Crippen molar-refractivity contribution in [3.8, 4) is 0 Å². The monoisotopic (exact) mass is 434 g/mol. The van der Waals surface area contributed by atoms with Gasteiger partial charge in [-0.05, 0) is 68.3 Å². The number of nitrogens with two attached hydrogens (primary N) is 1. The van der Waals surface area contributed by atoms with Crippen molar-refractivity contribution in [1.82, 2.24) is 9.88 Å². The lowest BCUT2D eigenvalue weighted by atomic mass is 9.48. The molecule has 7 atom stereocenters. The van der Waals surface area contributed by atoms with Crippen LogP contribution in [0.1, 0.15) is 48.9 Å². The number of likely N-dealkylation sites (tertiary alicyclic amines) is 1. The van der Waals surface area contributed by atoms with Crippen LogP contribution >= 0.6 is 11.6 Å². The lowest BCUT2D eigenvalue weighted by molar-refractivity contribution is -0.162. The highest BCUT2D eigenvalue weighted by atomic mass is 35.5. The molecule has 1 aromatic heterocycles. The van der Waals surface area contributed by atoms with E-state index in [1.165, 1.54) is 12.3 Å². The van der Waals surface area contributed by atoms with Crippen LogP contribution in [0.3, 0.4) is 0 Å². The number of carbonyl (C=O) groups is 2. The first-order valence-corrected chi connectivity index (χ1v) is 11.1. The number of anilines is 1. The molecule has 0 aromatic carbocycles. The molecule has 1 aliphatic heterocycles. The zero-order chi connectivity index (χ0) is 21.2. The van der Waals surface area contributed by atoms with Gasteiger partial charge in [0.05, 0.1) is 28.3 Å². The number of halogens is 1. The van der Waals surface area contributed by atoms with Gasteiger partial charge in [-0.3, -0.25) is 4.79 Å². The van der Waals surface area contributed by atoms with Crippen LogP contribution in [-0.4, -0.2) is 56.3 Å². The number of hydrogen-bond donors (Lipinski definition) is 4. The van der Waals surface area contributed by atoms with Crippen molar-refractivity contribution in [2.24, 2.45) is 29.4 Å². The van der Waals surface area contributed by atoms with Crippen LogP contribution in [0.25, 0.3) is 0 Å². The maximum atomic E-state index is 12.1. The molecular weight excluding hydrogens is 408 g/mol. The quantitative estimate of drug-likeness (QED) is 0.576. The van der Waals surface area contributed by atoms with E-state index in [1.54, 1.807) is 4.90 Å². The largest absolute Gasteiger partial charge is 0.465 e. The molecular formula is C21H27ClN4O4. The minimum absolute atomic E-state index is 0.123. The van der Waals surface area contributed by atoms with Gasteiger partial charge in [-0.2, -0.15) is 0 Å². The van der Waals surface area contributed by atoms with Gasteiger partial charge in [-0.25, -0.2) is 9.78 Å². The molecule has 2 amide bonds. The second kappa shape index (κ2) is 6.99. The summed E-state index contributed by atoms with van der Waals surface area (Å²) in [5.41, 5.74) is 4.97. The highest BCUT2D eigenvalue weighted by Gasteiger charge is 2.59. The molecule has 6 rings (SSSR count). The molecule has 5 aliphatic rings. The lowest BCUT2D eigenvalue weighted by Gasteiger charge is -2.60. The number of nitrogens with zero attached hydrogens (tertiary/aromatic N) is 2. The molecule has 8 nitrogen and oxygen atoms in total. The first-order chi connectivity index (χ1) is 14.2. The van der Waals surface area contributed by atoms with E-state index in [0.29, 0.717) is 41.6 Å². The van der Waals surface area contributed by atoms with Gasteiger partial charge in [0.2, 0.25) is 5.91 Å². The molecule has 162 valence electrons. The fraction of sp³-hybridized carbons (Fsp3) is 0.667. The third-order valence-corrected chi connectivity index (χ3v) is 8.14. The van der Waals surface area contributed by atoms with Gasteiger partial charge in [0.25, 0.3) is 0 Å². The number of rotatable bonds is 4. The van der Waals surface area contributed by atoms with E-state index in [0.717, 1.165) is 32.1 Å². The molecule has 5 unspecified atom stereocenters. The second-order valence-corrected chi connectivity index (χ2v) is 10.1. The lowest BCUT2D eigenvalue weighted by Crippen LogP contribution is -2.61. The van der Waals surface area contributed by atoms with Gasteiger partial charge in [0, 0.05) is 12.7 Å². The van der Waals surface area contributed by atoms with Crippen molar-refractivity contribution >= 4 is 29.4 Å². The first kappa shape index (κ1) is 19.9. The topological polar surface area (TPSA) is 129 Å². The third-order valence-electron chi connectivity index (χ3n) is 7.85. The first-order valence-electron chi connectivity index (χ1n) is 10.7. The summed E-state index contributed by atoms with van der Waals surface area (Å²) in [5, 5.41) is 24.5. The van der Waals surface area contributed by atoms with Crippen molar-refractivity contribution < 1.29 is 19.8 Å². The molecule has 0 spiro atoms. The summed E-state index contributed by atoms with van der Waals surface area (Å²) in [6, 6.07) is 1.17. The Hall–Kier alpha value is -2.06. The van der Waals surface area contributed by atoms with Gasteiger partial charge in [0.1, 0.15) is 5.82 Å². The van der Waals surface area contributed by atoms with Crippen LogP contribution in [0, 0.1) is 23.7 Å². The van der Waals surface area contributed by atoms with E-state index in [-0.39, 0.29) is 23.6 Å². The zero-order valence-corrected chi connectivity index (χ0v) is 17.4. The third kappa shape index (κ3) is 3.21. The number of primary amides is 1. The highest BCUT2D eigenvalue weighted by molar-refractivity contribution is 6.33. The van der Waals surface area contributed by atoms with Crippen molar-refractivity contribution in [2.75, 3.05) is 11.9 Å². The highest BCUT2D eigenvalue weighted by Crippen LogP contribution is 2.60. The van der Waals surface area contributed by atoms with E-state index < -0.39 is 17.6 Å². The number of carbonyl (C=O) groups excluding carboxylic acids is 1. The fourth-order valence-electron chi connectivity index (χ4n) is 7.10. The fourth-order valence-corrected chi connectivity index (χ4v) is 7.33. The molecule has 9 heteroatoms. The molecule has 5 fully saturated rings. The van der Waals surface area contributed by atoms with E-state index >= 15 is 0 Å². The Morgan fingerprint density at radius 3 is 2.53 bits per heavy atom. The van der Waals surface area contributed by atoms with Gasteiger partial charge < -0.3 is 26.2 Å². The predicted molar refractivity (Wildman–Crippen MR) is 110 cm³/mol. The van der Waals surface area contributed by atoms with E-state index in [2.05, 4.69) is 10.3 Å². The SMILES string of the molecule is NC(=O)c1cnc(NC2CCN(C(=O)O)[C@@H]2C2C3CC4C[C@H]2CC(O)(C4)C3)c(Cl)c1. The van der Waals surface area contributed by atoms with Crippen LogP contribution in [0.2, 0.25) is 5.02 Å². The van der Waals surface area contributed by atoms with Crippen molar-refractivity contribution in [2.45, 2.75) is 56.2 Å². The normalized spacial score (nSPS) is 39.3. The molecule has 4 bridgehead atoms. The molecule has 30 heavy (non-hydrogen) atoms. The number of amides is 2. The van der Waals surface area contributed by atoms with Gasteiger partial charge >= 0.3 is 6.09 Å². The predicted octanol–water partition coefficient (Wildman–Crippen LogP) is 2.55. The van der Waals surface area contributed by atoms with Crippen molar-refractivity contribution in [3.63, 3.8) is 0 Å². The average molecular weight is 435 g/mol. The summed E-state index contributed by atoms with van der Waals surface area (Å²) >= 11 is 6.33. The van der Waals surface area contributed by atoms with Crippen LogP contribution < -0.4 is 11.1 Å².